The molecule has 0 aliphatic heterocycles. The van der Waals surface area contributed by atoms with Crippen LogP contribution in [-0.2, 0) is 6.42 Å². The monoisotopic (exact) mass is 298 g/mol. The molecule has 5 nitrogen and oxygen atoms in total. The predicted octanol–water partition coefficient (Wildman–Crippen LogP) is 2.67. The minimum absolute atomic E-state index is 0.422. The van der Waals surface area contributed by atoms with E-state index in [1.54, 1.807) is 6.26 Å². The van der Waals surface area contributed by atoms with Crippen molar-refractivity contribution in [3.63, 3.8) is 0 Å². The smallest absolute Gasteiger partial charge is 0.226 e. The predicted molar refractivity (Wildman–Crippen MR) is 89.7 cm³/mol. The molecule has 0 aliphatic carbocycles. The van der Waals surface area contributed by atoms with Gasteiger partial charge in [-0.2, -0.15) is 0 Å². The van der Waals surface area contributed by atoms with E-state index in [2.05, 4.69) is 28.8 Å². The molecule has 0 spiro atoms. The molecule has 0 bridgehead atoms. The van der Waals surface area contributed by atoms with Gasteiger partial charge < -0.3 is 15.5 Å². The lowest BCUT2D eigenvalue weighted by atomic mass is 10.1. The highest BCUT2D eigenvalue weighted by atomic mass is 16.3. The van der Waals surface area contributed by atoms with Crippen molar-refractivity contribution in [2.45, 2.75) is 20.3 Å². The summed E-state index contributed by atoms with van der Waals surface area (Å²) in [7, 11) is 0. The maximum Gasteiger partial charge on any atom is 0.226 e. The van der Waals surface area contributed by atoms with Crippen molar-refractivity contribution < 1.29 is 4.42 Å². The Balaban J connectivity index is 1.86. The maximum absolute atomic E-state index is 5.75. The van der Waals surface area contributed by atoms with Gasteiger partial charge in [0.05, 0.1) is 12.2 Å². The number of nitrogens with one attached hydrogen (secondary N) is 1. The normalized spacial score (nSPS) is 11.5. The van der Waals surface area contributed by atoms with Gasteiger partial charge in [0.25, 0.3) is 0 Å². The number of nitrogens with two attached hydrogens (primary N) is 1. The summed E-state index contributed by atoms with van der Waals surface area (Å²) in [5.41, 5.74) is 9.80. The van der Waals surface area contributed by atoms with Gasteiger partial charge in [-0.25, -0.2) is 9.98 Å². The van der Waals surface area contributed by atoms with Crippen LogP contribution in [0.5, 0.6) is 0 Å². The lowest BCUT2D eigenvalue weighted by Crippen LogP contribution is -2.33. The molecule has 2 aromatic rings. The summed E-state index contributed by atoms with van der Waals surface area (Å²) in [6.07, 6.45) is 2.40. The van der Waals surface area contributed by atoms with Crippen molar-refractivity contribution in [1.82, 2.24) is 10.3 Å². The highest BCUT2D eigenvalue weighted by molar-refractivity contribution is 5.77. The van der Waals surface area contributed by atoms with Crippen LogP contribution in [-0.4, -0.2) is 24.0 Å². The average Bonchev–Trinajstić information content (AvgIpc) is 2.95. The van der Waals surface area contributed by atoms with Gasteiger partial charge >= 0.3 is 0 Å². The number of benzene rings is 1. The van der Waals surface area contributed by atoms with Gasteiger partial charge in [0, 0.05) is 18.5 Å². The summed E-state index contributed by atoms with van der Waals surface area (Å²) in [4.78, 5) is 8.64. The van der Waals surface area contributed by atoms with Crippen LogP contribution in [0, 0.1) is 6.92 Å². The highest BCUT2D eigenvalue weighted by Crippen LogP contribution is 2.19. The molecule has 1 aromatic carbocycles. The number of aliphatic imine (C=N–C) groups is 1. The lowest BCUT2D eigenvalue weighted by molar-refractivity contribution is 0.572. The van der Waals surface area contributed by atoms with Gasteiger partial charge in [-0.3, -0.25) is 0 Å². The van der Waals surface area contributed by atoms with Crippen LogP contribution in [0.3, 0.4) is 0 Å². The second-order valence-corrected chi connectivity index (χ2v) is 5.35. The first kappa shape index (κ1) is 15.8. The third kappa shape index (κ3) is 4.77. The van der Waals surface area contributed by atoms with E-state index in [9.17, 15) is 0 Å². The lowest BCUT2D eigenvalue weighted by Gasteiger charge is -2.03. The molecule has 1 aromatic heterocycles. The third-order valence-corrected chi connectivity index (χ3v) is 3.06. The number of aromatic nitrogens is 1. The summed E-state index contributed by atoms with van der Waals surface area (Å²) in [6, 6.07) is 8.09. The Morgan fingerprint density at radius 2 is 2.09 bits per heavy atom. The van der Waals surface area contributed by atoms with Crippen LogP contribution in [0.4, 0.5) is 0 Å². The summed E-state index contributed by atoms with van der Waals surface area (Å²) in [5, 5.41) is 3.05. The number of aryl methyl sites for hydroxylation is 1. The quantitative estimate of drug-likeness (QED) is 0.488. The Bertz CT molecular complexity index is 656. The SMILES string of the molecule is C=C(C)CN=C(N)NCCc1coc(-c2ccc(C)cc2)n1. The number of hydrogen-bond donors (Lipinski definition) is 2. The first-order valence-corrected chi connectivity index (χ1v) is 7.24. The molecule has 0 aliphatic rings. The van der Waals surface area contributed by atoms with Gasteiger partial charge in [-0.15, -0.1) is 0 Å². The van der Waals surface area contributed by atoms with Gasteiger partial charge in [-0.1, -0.05) is 29.8 Å². The van der Waals surface area contributed by atoms with E-state index in [1.165, 1.54) is 5.56 Å². The number of hydrogen-bond acceptors (Lipinski definition) is 3. The molecule has 0 amide bonds. The second-order valence-electron chi connectivity index (χ2n) is 5.35. The van der Waals surface area contributed by atoms with E-state index < -0.39 is 0 Å². The molecular formula is C17H22N4O. The summed E-state index contributed by atoms with van der Waals surface area (Å²) in [5.74, 6) is 1.06. The number of guanidine groups is 1. The topological polar surface area (TPSA) is 76.4 Å². The summed E-state index contributed by atoms with van der Waals surface area (Å²) in [6.45, 7) is 8.95. The van der Waals surface area contributed by atoms with Gasteiger partial charge in [-0.05, 0) is 26.0 Å². The van der Waals surface area contributed by atoms with Crippen LogP contribution in [0.1, 0.15) is 18.2 Å². The Hall–Kier alpha value is -2.56. The minimum atomic E-state index is 0.422. The molecule has 0 fully saturated rings. The van der Waals surface area contributed by atoms with Crippen molar-refractivity contribution in [3.05, 3.63) is 53.9 Å². The fraction of sp³-hybridized carbons (Fsp3) is 0.294. The molecule has 2 rings (SSSR count). The van der Waals surface area contributed by atoms with Crippen molar-refractivity contribution in [2.75, 3.05) is 13.1 Å². The van der Waals surface area contributed by atoms with Crippen LogP contribution in [0.25, 0.3) is 11.5 Å². The fourth-order valence-electron chi connectivity index (χ4n) is 1.85. The summed E-state index contributed by atoms with van der Waals surface area (Å²) < 4.78 is 5.52. The first-order chi connectivity index (χ1) is 10.5. The van der Waals surface area contributed by atoms with Crippen LogP contribution >= 0.6 is 0 Å². The Kier molecular flexibility index (Phi) is 5.36. The Morgan fingerprint density at radius 3 is 2.77 bits per heavy atom. The Labute approximate surface area is 131 Å². The minimum Gasteiger partial charge on any atom is -0.444 e. The molecule has 5 heteroatoms. The third-order valence-electron chi connectivity index (χ3n) is 3.06. The van der Waals surface area contributed by atoms with Gasteiger partial charge in [0.2, 0.25) is 5.89 Å². The summed E-state index contributed by atoms with van der Waals surface area (Å²) >= 11 is 0. The van der Waals surface area contributed by atoms with E-state index in [-0.39, 0.29) is 0 Å². The zero-order chi connectivity index (χ0) is 15.9. The van der Waals surface area contributed by atoms with Gasteiger partial charge in [0.15, 0.2) is 5.96 Å². The van der Waals surface area contributed by atoms with E-state index in [0.29, 0.717) is 24.9 Å². The number of oxazole rings is 1. The zero-order valence-electron chi connectivity index (χ0n) is 13.1. The standard InChI is InChI=1S/C17H22N4O/c1-12(2)10-20-17(18)19-9-8-15-11-22-16(21-15)14-6-4-13(3)5-7-14/h4-7,11H,1,8-10H2,2-3H3,(H3,18,19,20). The molecule has 116 valence electrons. The molecule has 0 unspecified atom stereocenters. The van der Waals surface area contributed by atoms with Crippen molar-refractivity contribution in [2.24, 2.45) is 10.7 Å². The second kappa shape index (κ2) is 7.45. The van der Waals surface area contributed by atoms with E-state index in [0.717, 1.165) is 23.3 Å². The van der Waals surface area contributed by atoms with Crippen molar-refractivity contribution >= 4 is 5.96 Å². The molecule has 0 radical (unpaired) electrons. The fourth-order valence-corrected chi connectivity index (χ4v) is 1.85. The van der Waals surface area contributed by atoms with E-state index in [4.69, 9.17) is 10.2 Å². The molecule has 0 atom stereocenters. The van der Waals surface area contributed by atoms with Crippen molar-refractivity contribution in [3.8, 4) is 11.5 Å². The van der Waals surface area contributed by atoms with E-state index in [1.807, 2.05) is 31.2 Å². The Morgan fingerprint density at radius 1 is 1.36 bits per heavy atom. The van der Waals surface area contributed by atoms with Crippen LogP contribution < -0.4 is 11.1 Å². The molecule has 0 saturated heterocycles. The molecule has 0 saturated carbocycles. The average molecular weight is 298 g/mol. The number of nitrogens with zero attached hydrogens (tertiary/aromatic N) is 2. The highest BCUT2D eigenvalue weighted by Gasteiger charge is 2.06. The molecular weight excluding hydrogens is 276 g/mol. The van der Waals surface area contributed by atoms with Crippen LogP contribution in [0.15, 0.2) is 52.1 Å². The number of rotatable bonds is 6. The molecule has 3 N–H and O–H groups in total. The largest absolute Gasteiger partial charge is 0.444 e. The maximum atomic E-state index is 5.75. The molecule has 1 heterocycles. The van der Waals surface area contributed by atoms with Crippen molar-refractivity contribution in [1.29, 1.82) is 0 Å². The van der Waals surface area contributed by atoms with Crippen LogP contribution in [0.2, 0.25) is 0 Å². The zero-order valence-corrected chi connectivity index (χ0v) is 13.1. The first-order valence-electron chi connectivity index (χ1n) is 7.24. The van der Waals surface area contributed by atoms with Gasteiger partial charge in [0.1, 0.15) is 6.26 Å². The molecule has 22 heavy (non-hydrogen) atoms. The van der Waals surface area contributed by atoms with E-state index >= 15 is 0 Å².